The summed E-state index contributed by atoms with van der Waals surface area (Å²) in [6, 6.07) is 0. The maximum absolute atomic E-state index is 12.1. The molecule has 0 aromatic heterocycles. The Morgan fingerprint density at radius 3 is 1.29 bits per heavy atom. The van der Waals surface area contributed by atoms with Gasteiger partial charge in [-0.1, -0.05) is 6.58 Å². The van der Waals surface area contributed by atoms with Crippen molar-refractivity contribution in [3.63, 3.8) is 0 Å². The van der Waals surface area contributed by atoms with E-state index in [1.165, 1.54) is 26.5 Å². The molecule has 0 aromatic rings. The molecule has 0 spiro atoms. The van der Waals surface area contributed by atoms with Gasteiger partial charge < -0.3 is 27.5 Å². The second-order valence-electron chi connectivity index (χ2n) is 3.69. The summed E-state index contributed by atoms with van der Waals surface area (Å²) in [5.74, 6) is 0. The molecule has 21 heavy (non-hydrogen) atoms. The first kappa shape index (κ1) is 20.5. The van der Waals surface area contributed by atoms with Gasteiger partial charge in [0.1, 0.15) is 0 Å². The predicted molar refractivity (Wildman–Crippen MR) is 68.8 cm³/mol. The Morgan fingerprint density at radius 1 is 0.810 bits per heavy atom. The van der Waals surface area contributed by atoms with Gasteiger partial charge in [-0.25, -0.2) is 13.2 Å². The molecule has 0 radical (unpaired) electrons. The predicted octanol–water partition coefficient (Wildman–Crippen LogP) is 2.57. The Labute approximate surface area is 123 Å². The lowest BCUT2D eigenvalue weighted by Crippen LogP contribution is -2.51. The van der Waals surface area contributed by atoms with Gasteiger partial charge in [-0.3, -0.25) is 0 Å². The van der Waals surface area contributed by atoms with Crippen molar-refractivity contribution in [1.29, 1.82) is 0 Å². The molecule has 0 rings (SSSR count). The van der Waals surface area contributed by atoms with Crippen LogP contribution >= 0.6 is 0 Å². The Balaban J connectivity index is 4.93. The van der Waals surface area contributed by atoms with Crippen molar-refractivity contribution in [2.24, 2.45) is 0 Å². The normalized spacial score (nSPS) is 18.8. The molecule has 0 saturated carbocycles. The average molecular weight is 334 g/mol. The minimum absolute atomic E-state index is 1.03. The first-order valence-corrected chi connectivity index (χ1v) is 7.93. The van der Waals surface area contributed by atoms with E-state index in [1.54, 1.807) is 0 Å². The molecule has 0 amide bonds. The Kier molecular flexibility index (Phi) is 10.9. The second kappa shape index (κ2) is 11.1. The minimum atomic E-state index is -3.68. The summed E-state index contributed by atoms with van der Waals surface area (Å²) < 4.78 is 66.3. The lowest BCUT2D eigenvalue weighted by molar-refractivity contribution is -0.191. The van der Waals surface area contributed by atoms with Gasteiger partial charge in [0.2, 0.25) is 0 Å². The molecular formula is C11H21F3O6Si. The van der Waals surface area contributed by atoms with Crippen LogP contribution < -0.4 is 0 Å². The SMILES string of the molecule is C=C[Si](OC(C)OCF)(OC(C)OCF)OC(C)OCF. The van der Waals surface area contributed by atoms with Crippen molar-refractivity contribution in [2.75, 3.05) is 20.6 Å². The zero-order chi connectivity index (χ0) is 16.3. The van der Waals surface area contributed by atoms with E-state index < -0.39 is 48.3 Å². The fraction of sp³-hybridized carbons (Fsp3) is 0.818. The molecular weight excluding hydrogens is 313 g/mol. The van der Waals surface area contributed by atoms with Gasteiger partial charge in [0, 0.05) is 0 Å². The third kappa shape index (κ3) is 8.51. The molecule has 6 nitrogen and oxygen atoms in total. The van der Waals surface area contributed by atoms with Crippen LogP contribution in [0.25, 0.3) is 0 Å². The Bertz CT molecular complexity index is 251. The summed E-state index contributed by atoms with van der Waals surface area (Å²) in [5, 5.41) is 0. The highest BCUT2D eigenvalue weighted by Gasteiger charge is 2.44. The topological polar surface area (TPSA) is 55.4 Å². The van der Waals surface area contributed by atoms with E-state index >= 15 is 0 Å². The van der Waals surface area contributed by atoms with Crippen molar-refractivity contribution in [2.45, 2.75) is 39.6 Å². The van der Waals surface area contributed by atoms with Gasteiger partial charge in [0.15, 0.2) is 39.5 Å². The molecule has 0 aliphatic rings. The standard InChI is InChI=1S/C11H21F3O6Si/c1-5-21(18-9(2)15-6-12,19-10(3)16-7-13)20-11(4)17-8-14/h5,9-11H,1,6-8H2,2-4H3. The van der Waals surface area contributed by atoms with Crippen LogP contribution in [0.2, 0.25) is 0 Å². The maximum atomic E-state index is 12.1. The smallest absolute Gasteiger partial charge is 0.343 e. The van der Waals surface area contributed by atoms with Gasteiger partial charge in [-0.15, -0.1) is 0 Å². The molecule has 10 heteroatoms. The average Bonchev–Trinajstić information content (AvgIpc) is 2.39. The van der Waals surface area contributed by atoms with Crippen LogP contribution in [0, 0.1) is 0 Å². The summed E-state index contributed by atoms with van der Waals surface area (Å²) in [4.78, 5) is 0. The fourth-order valence-corrected chi connectivity index (χ4v) is 3.34. The lowest BCUT2D eigenvalue weighted by Gasteiger charge is -2.32. The summed E-state index contributed by atoms with van der Waals surface area (Å²) in [6.45, 7) is 4.45. The van der Waals surface area contributed by atoms with Gasteiger partial charge in [-0.05, 0) is 26.5 Å². The van der Waals surface area contributed by atoms with Crippen LogP contribution in [0.15, 0.2) is 12.3 Å². The van der Waals surface area contributed by atoms with E-state index in [4.69, 9.17) is 13.3 Å². The fourth-order valence-electron chi connectivity index (χ4n) is 1.29. The largest absolute Gasteiger partial charge is 0.534 e. The Morgan fingerprint density at radius 2 is 1.10 bits per heavy atom. The number of hydrogen-bond acceptors (Lipinski definition) is 6. The molecule has 3 atom stereocenters. The molecule has 0 bridgehead atoms. The van der Waals surface area contributed by atoms with Crippen LogP contribution in [0.4, 0.5) is 13.2 Å². The summed E-state index contributed by atoms with van der Waals surface area (Å²) in [6.07, 6.45) is -3.10. The highest BCUT2D eigenvalue weighted by Crippen LogP contribution is 2.20. The molecule has 0 heterocycles. The van der Waals surface area contributed by atoms with Gasteiger partial charge in [0.25, 0.3) is 0 Å². The molecule has 0 fully saturated rings. The highest BCUT2D eigenvalue weighted by atomic mass is 28.4. The van der Waals surface area contributed by atoms with Crippen molar-refractivity contribution >= 4 is 8.80 Å². The first-order valence-electron chi connectivity index (χ1n) is 6.12. The zero-order valence-corrected chi connectivity index (χ0v) is 13.2. The Hall–Kier alpha value is -0.493. The van der Waals surface area contributed by atoms with Crippen LogP contribution in [0.3, 0.4) is 0 Å². The van der Waals surface area contributed by atoms with Crippen LogP contribution in [0.1, 0.15) is 20.8 Å². The highest BCUT2D eigenvalue weighted by molar-refractivity contribution is 6.66. The first-order chi connectivity index (χ1) is 9.92. The van der Waals surface area contributed by atoms with Crippen LogP contribution in [0.5, 0.6) is 0 Å². The number of alkyl halides is 3. The molecule has 0 saturated heterocycles. The van der Waals surface area contributed by atoms with E-state index in [9.17, 15) is 13.2 Å². The monoisotopic (exact) mass is 334 g/mol. The van der Waals surface area contributed by atoms with Crippen molar-refractivity contribution in [1.82, 2.24) is 0 Å². The van der Waals surface area contributed by atoms with Gasteiger partial charge in [-0.2, -0.15) is 0 Å². The maximum Gasteiger partial charge on any atom is 0.534 e. The molecule has 0 aliphatic heterocycles. The number of rotatable bonds is 13. The molecule has 3 unspecified atom stereocenters. The third-order valence-corrected chi connectivity index (χ3v) is 4.62. The number of halogens is 3. The number of ether oxygens (including phenoxy) is 3. The van der Waals surface area contributed by atoms with Crippen molar-refractivity contribution < 1.29 is 40.7 Å². The van der Waals surface area contributed by atoms with E-state index in [0.29, 0.717) is 0 Å². The summed E-state index contributed by atoms with van der Waals surface area (Å²) >= 11 is 0. The van der Waals surface area contributed by atoms with Gasteiger partial charge >= 0.3 is 8.80 Å². The number of hydrogen-bond donors (Lipinski definition) is 0. The molecule has 126 valence electrons. The van der Waals surface area contributed by atoms with E-state index in [-0.39, 0.29) is 0 Å². The molecule has 0 N–H and O–H groups in total. The van der Waals surface area contributed by atoms with E-state index in [2.05, 4.69) is 20.8 Å². The molecule has 0 aliphatic carbocycles. The van der Waals surface area contributed by atoms with E-state index in [0.717, 1.165) is 0 Å². The molecule has 0 aromatic carbocycles. The third-order valence-electron chi connectivity index (χ3n) is 2.13. The van der Waals surface area contributed by atoms with E-state index in [1.807, 2.05) is 0 Å². The summed E-state index contributed by atoms with van der Waals surface area (Å²) in [7, 11) is -3.68. The van der Waals surface area contributed by atoms with Crippen molar-refractivity contribution in [3.8, 4) is 0 Å². The zero-order valence-electron chi connectivity index (χ0n) is 12.2. The minimum Gasteiger partial charge on any atom is -0.343 e. The van der Waals surface area contributed by atoms with Crippen molar-refractivity contribution in [3.05, 3.63) is 12.3 Å². The van der Waals surface area contributed by atoms with Gasteiger partial charge in [0.05, 0.1) is 0 Å². The second-order valence-corrected chi connectivity index (χ2v) is 6.01. The quantitative estimate of drug-likeness (QED) is 0.381. The lowest BCUT2D eigenvalue weighted by atomic mass is 10.8. The summed E-state index contributed by atoms with van der Waals surface area (Å²) in [5.41, 5.74) is 1.20. The van der Waals surface area contributed by atoms with Crippen LogP contribution in [-0.2, 0) is 27.5 Å². The van der Waals surface area contributed by atoms with Crippen LogP contribution in [-0.4, -0.2) is 48.3 Å².